The van der Waals surface area contributed by atoms with E-state index in [9.17, 15) is 0 Å². The van der Waals surface area contributed by atoms with Gasteiger partial charge in [-0.25, -0.2) is 0 Å². The maximum Gasteiger partial charge on any atom is 0.133 e. The molecule has 0 saturated carbocycles. The van der Waals surface area contributed by atoms with Gasteiger partial charge in [-0.2, -0.15) is 0 Å². The maximum absolute atomic E-state index is 6.65. The van der Waals surface area contributed by atoms with Crippen molar-refractivity contribution >= 4 is 34.6 Å². The molecule has 166 valence electrons. The van der Waals surface area contributed by atoms with E-state index in [0.717, 1.165) is 11.4 Å². The quantitative estimate of drug-likeness (QED) is 0.427. The van der Waals surface area contributed by atoms with Crippen LogP contribution in [0.25, 0.3) is 0 Å². The van der Waals surface area contributed by atoms with Crippen molar-refractivity contribution in [1.29, 1.82) is 0 Å². The summed E-state index contributed by atoms with van der Waals surface area (Å²) in [5.41, 5.74) is 10.6. The second-order valence-corrected chi connectivity index (χ2v) is 10.9. The number of aryl methyl sites for hydroxylation is 6. The van der Waals surface area contributed by atoms with Crippen LogP contribution in [0.2, 0.25) is 0 Å². The van der Waals surface area contributed by atoms with E-state index in [1.165, 1.54) is 44.8 Å². The molecule has 2 nitrogen and oxygen atoms in total. The van der Waals surface area contributed by atoms with E-state index >= 15 is 0 Å². The van der Waals surface area contributed by atoms with Crippen molar-refractivity contribution in [2.24, 2.45) is 5.41 Å². The Balaban J connectivity index is 2.35. The Kier molecular flexibility index (Phi) is 6.56. The third-order valence-corrected chi connectivity index (χ3v) is 6.28. The van der Waals surface area contributed by atoms with Crippen molar-refractivity contribution in [2.45, 2.75) is 67.1 Å². The summed E-state index contributed by atoms with van der Waals surface area (Å²) in [6.45, 7) is 19.5. The Bertz CT molecular complexity index is 956. The summed E-state index contributed by atoms with van der Waals surface area (Å²) in [4.78, 5) is 3.90. The predicted octanol–water partition coefficient (Wildman–Crippen LogP) is 8.40. The number of halogens is 2. The lowest BCUT2D eigenvalue weighted by Gasteiger charge is -2.36. The van der Waals surface area contributed by atoms with Crippen LogP contribution < -0.4 is 9.80 Å². The lowest BCUT2D eigenvalue weighted by atomic mass is 9.86. The number of nitrogens with zero attached hydrogens (tertiary/aromatic N) is 2. The molecule has 0 atom stereocenters. The second-order valence-electron chi connectivity index (χ2n) is 9.82. The minimum Gasteiger partial charge on any atom is -0.301 e. The Morgan fingerprint density at radius 1 is 0.677 bits per heavy atom. The second kappa shape index (κ2) is 8.56. The van der Waals surface area contributed by atoms with Crippen LogP contribution in [0.15, 0.2) is 48.1 Å². The molecule has 1 heterocycles. The Labute approximate surface area is 198 Å². The highest BCUT2D eigenvalue weighted by molar-refractivity contribution is 6.46. The van der Waals surface area contributed by atoms with Crippen molar-refractivity contribution < 1.29 is 0 Å². The van der Waals surface area contributed by atoms with E-state index in [-0.39, 0.29) is 5.41 Å². The van der Waals surface area contributed by atoms with Gasteiger partial charge in [-0.15, -0.1) is 23.2 Å². The van der Waals surface area contributed by atoms with Gasteiger partial charge in [0.1, 0.15) is 10.7 Å². The highest BCUT2D eigenvalue weighted by Crippen LogP contribution is 2.45. The Morgan fingerprint density at radius 2 is 1.00 bits per heavy atom. The van der Waals surface area contributed by atoms with Crippen molar-refractivity contribution in [1.82, 2.24) is 0 Å². The first-order chi connectivity index (χ1) is 14.3. The van der Waals surface area contributed by atoms with Crippen LogP contribution in [-0.2, 0) is 0 Å². The van der Waals surface area contributed by atoms with Gasteiger partial charge in [0.15, 0.2) is 0 Å². The average molecular weight is 457 g/mol. The molecule has 1 aliphatic heterocycles. The van der Waals surface area contributed by atoms with Crippen molar-refractivity contribution in [3.8, 4) is 0 Å². The summed E-state index contributed by atoms with van der Waals surface area (Å²) in [6.07, 6.45) is 4.28. The molecule has 0 N–H and O–H groups in total. The van der Waals surface area contributed by atoms with Gasteiger partial charge in [0.2, 0.25) is 0 Å². The van der Waals surface area contributed by atoms with Crippen molar-refractivity contribution in [3.05, 3.63) is 81.4 Å². The average Bonchev–Trinajstić information content (AvgIpc) is 2.95. The Hall–Kier alpha value is -1.90. The van der Waals surface area contributed by atoms with Crippen LogP contribution in [-0.4, -0.2) is 4.84 Å². The summed E-state index contributed by atoms with van der Waals surface area (Å²) in [6, 6.07) is 8.92. The fraction of sp³-hybridized carbons (Fsp3) is 0.407. The molecule has 0 fully saturated rings. The molecule has 31 heavy (non-hydrogen) atoms. The highest BCUT2D eigenvalue weighted by Gasteiger charge is 2.36. The van der Waals surface area contributed by atoms with Gasteiger partial charge in [-0.3, -0.25) is 0 Å². The first-order valence-electron chi connectivity index (χ1n) is 10.8. The third-order valence-electron chi connectivity index (χ3n) is 5.84. The van der Waals surface area contributed by atoms with E-state index < -0.39 is 4.84 Å². The zero-order valence-corrected chi connectivity index (χ0v) is 21.7. The summed E-state index contributed by atoms with van der Waals surface area (Å²) in [5, 5.41) is 0. The summed E-state index contributed by atoms with van der Waals surface area (Å²) < 4.78 is 0. The van der Waals surface area contributed by atoms with Gasteiger partial charge in [0.05, 0.1) is 11.4 Å². The maximum atomic E-state index is 6.65. The van der Waals surface area contributed by atoms with Crippen LogP contribution in [0.5, 0.6) is 0 Å². The molecular weight excluding hydrogens is 423 g/mol. The largest absolute Gasteiger partial charge is 0.301 e. The lowest BCUT2D eigenvalue weighted by Crippen LogP contribution is -2.32. The molecule has 0 spiro atoms. The number of rotatable bonds is 3. The van der Waals surface area contributed by atoms with Crippen LogP contribution in [0, 0.1) is 47.0 Å². The number of benzene rings is 2. The van der Waals surface area contributed by atoms with E-state index in [1.807, 2.05) is 0 Å². The van der Waals surface area contributed by atoms with Crippen molar-refractivity contribution in [2.75, 3.05) is 9.80 Å². The van der Waals surface area contributed by atoms with E-state index in [0.29, 0.717) is 0 Å². The normalized spacial score (nSPS) is 14.3. The van der Waals surface area contributed by atoms with Crippen LogP contribution >= 0.6 is 23.2 Å². The molecule has 0 amide bonds. The SMILES string of the molecule is Cc1cc(C)c(N2C=CN(c3c(C)cc(C)cc3C)C2=C(C(Cl)Cl)C(C)(C)C)c(C)c1. The summed E-state index contributed by atoms with van der Waals surface area (Å²) in [5.74, 6) is 1.02. The molecule has 2 aromatic rings. The smallest absolute Gasteiger partial charge is 0.133 e. The van der Waals surface area contributed by atoms with Crippen LogP contribution in [0.1, 0.15) is 54.2 Å². The van der Waals surface area contributed by atoms with Gasteiger partial charge in [0.25, 0.3) is 0 Å². The number of allylic oxidation sites excluding steroid dienone is 1. The van der Waals surface area contributed by atoms with Gasteiger partial charge in [0, 0.05) is 18.0 Å². The fourth-order valence-electron chi connectivity index (χ4n) is 4.88. The molecule has 0 unspecified atom stereocenters. The van der Waals surface area contributed by atoms with Gasteiger partial charge in [-0.05, 0) is 69.2 Å². The standard InChI is InChI=1S/C27H34Cl2N2/c1-16-12-18(3)23(19(4)13-16)30-10-11-31(24-20(5)14-17(2)15-21(24)6)26(30)22(25(28)29)27(7,8)9/h10-15,25H,1-9H3. The summed E-state index contributed by atoms with van der Waals surface area (Å²) in [7, 11) is 0. The van der Waals surface area contributed by atoms with Crippen LogP contribution in [0.4, 0.5) is 11.4 Å². The number of alkyl halides is 2. The number of anilines is 2. The fourth-order valence-corrected chi connectivity index (χ4v) is 5.73. The molecular formula is C27H34Cl2N2. The van der Waals surface area contributed by atoms with Crippen molar-refractivity contribution in [3.63, 3.8) is 0 Å². The molecule has 0 bridgehead atoms. The molecule has 4 heteroatoms. The molecule has 2 aromatic carbocycles. The first-order valence-corrected chi connectivity index (χ1v) is 11.7. The molecule has 3 rings (SSSR count). The molecule has 0 aliphatic carbocycles. The number of hydrogen-bond acceptors (Lipinski definition) is 2. The minimum absolute atomic E-state index is 0.217. The monoisotopic (exact) mass is 456 g/mol. The zero-order chi connectivity index (χ0) is 23.2. The van der Waals surface area contributed by atoms with Gasteiger partial charge < -0.3 is 9.80 Å². The predicted molar refractivity (Wildman–Crippen MR) is 137 cm³/mol. The van der Waals surface area contributed by atoms with E-state index in [1.54, 1.807) is 0 Å². The topological polar surface area (TPSA) is 6.48 Å². The minimum atomic E-state index is -0.628. The lowest BCUT2D eigenvalue weighted by molar-refractivity contribution is 0.492. The van der Waals surface area contributed by atoms with E-state index in [2.05, 4.69) is 109 Å². The molecule has 0 aromatic heterocycles. The molecule has 1 aliphatic rings. The third kappa shape index (κ3) is 4.52. The molecule has 0 radical (unpaired) electrons. The summed E-state index contributed by atoms with van der Waals surface area (Å²) >= 11 is 13.3. The van der Waals surface area contributed by atoms with E-state index in [4.69, 9.17) is 23.2 Å². The zero-order valence-electron chi connectivity index (χ0n) is 20.2. The highest BCUT2D eigenvalue weighted by atomic mass is 35.5. The first kappa shape index (κ1) is 23.8. The van der Waals surface area contributed by atoms with Crippen LogP contribution in [0.3, 0.4) is 0 Å². The molecule has 0 saturated heterocycles. The van der Waals surface area contributed by atoms with Gasteiger partial charge >= 0.3 is 0 Å². The van der Waals surface area contributed by atoms with Gasteiger partial charge in [-0.1, -0.05) is 56.2 Å². The Morgan fingerprint density at radius 3 is 1.26 bits per heavy atom. The number of hydrogen-bond donors (Lipinski definition) is 0.